The third kappa shape index (κ3) is 3.68. The monoisotopic (exact) mass is 385 g/mol. The van der Waals surface area contributed by atoms with E-state index in [4.69, 9.17) is 4.74 Å². The number of fused-ring (bicyclic) bond motifs is 1. The Morgan fingerprint density at radius 3 is 2.78 bits per heavy atom. The van der Waals surface area contributed by atoms with Crippen LogP contribution >= 0.6 is 11.3 Å². The van der Waals surface area contributed by atoms with E-state index < -0.39 is 5.60 Å². The number of rotatable bonds is 5. The van der Waals surface area contributed by atoms with E-state index in [-0.39, 0.29) is 11.9 Å². The van der Waals surface area contributed by atoms with Crippen LogP contribution in [0.5, 0.6) is 5.75 Å². The first-order chi connectivity index (χ1) is 13.1. The van der Waals surface area contributed by atoms with Crippen LogP contribution in [0.4, 0.5) is 0 Å². The molecule has 1 aliphatic heterocycles. The summed E-state index contributed by atoms with van der Waals surface area (Å²) in [4.78, 5) is 18.6. The zero-order valence-corrected chi connectivity index (χ0v) is 16.3. The normalized spacial score (nSPS) is 17.6. The number of ether oxygens (including phenoxy) is 1. The van der Waals surface area contributed by atoms with Gasteiger partial charge in [0.15, 0.2) is 5.60 Å². The van der Waals surface area contributed by atoms with Gasteiger partial charge >= 0.3 is 0 Å². The average molecular weight is 385 g/mol. The lowest BCUT2D eigenvalue weighted by Gasteiger charge is -2.37. The van der Waals surface area contributed by atoms with Crippen molar-refractivity contribution in [3.05, 3.63) is 47.2 Å². The molecule has 142 valence electrons. The van der Waals surface area contributed by atoms with Crippen molar-refractivity contribution in [2.24, 2.45) is 0 Å². The average Bonchev–Trinajstić information content (AvgIpc) is 3.26. The molecule has 1 saturated heterocycles. The Labute approximate surface area is 161 Å². The van der Waals surface area contributed by atoms with Crippen LogP contribution in [-0.4, -0.2) is 39.2 Å². The molecule has 1 aliphatic rings. The SMILES string of the molecule is Cc1ccc(OC2(C(=O)N[C@@H](C)c3cn4ncsc4n3)CCNCC2)cc1. The molecule has 0 bridgehead atoms. The number of nitrogens with zero attached hydrogens (tertiary/aromatic N) is 3. The quantitative estimate of drug-likeness (QED) is 0.705. The second kappa shape index (κ2) is 7.28. The summed E-state index contributed by atoms with van der Waals surface area (Å²) in [6.07, 6.45) is 3.10. The number of piperidine rings is 1. The molecule has 8 heteroatoms. The molecule has 3 heterocycles. The van der Waals surface area contributed by atoms with Crippen LogP contribution in [0.1, 0.15) is 37.1 Å². The van der Waals surface area contributed by atoms with E-state index in [1.807, 2.05) is 44.3 Å². The lowest BCUT2D eigenvalue weighted by molar-refractivity contribution is -0.140. The molecule has 2 N–H and O–H groups in total. The molecule has 0 aliphatic carbocycles. The van der Waals surface area contributed by atoms with Crippen molar-refractivity contribution in [3.8, 4) is 5.75 Å². The smallest absolute Gasteiger partial charge is 0.264 e. The van der Waals surface area contributed by atoms with Crippen molar-refractivity contribution < 1.29 is 9.53 Å². The van der Waals surface area contributed by atoms with Crippen LogP contribution < -0.4 is 15.4 Å². The number of nitrogens with one attached hydrogen (secondary N) is 2. The predicted octanol–water partition coefficient (Wildman–Crippen LogP) is 2.48. The molecular formula is C19H23N5O2S. The first-order valence-corrected chi connectivity index (χ1v) is 10.00. The Balaban J connectivity index is 1.53. The van der Waals surface area contributed by atoms with Gasteiger partial charge < -0.3 is 15.4 Å². The molecule has 0 spiro atoms. The maximum Gasteiger partial charge on any atom is 0.264 e. The second-order valence-corrected chi connectivity index (χ2v) is 7.80. The van der Waals surface area contributed by atoms with Crippen molar-refractivity contribution in [2.75, 3.05) is 13.1 Å². The van der Waals surface area contributed by atoms with Crippen molar-refractivity contribution in [2.45, 2.75) is 38.3 Å². The summed E-state index contributed by atoms with van der Waals surface area (Å²) in [7, 11) is 0. The summed E-state index contributed by atoms with van der Waals surface area (Å²) in [6, 6.07) is 7.61. The number of aromatic nitrogens is 3. The van der Waals surface area contributed by atoms with Gasteiger partial charge in [0, 0.05) is 12.8 Å². The standard InChI is InChI=1S/C19H23N5O2S/c1-13-3-5-15(6-4-13)26-19(7-9-20-10-8-19)17(25)22-14(2)16-11-24-18(23-16)27-12-21-24/h3-6,11-12,14,20H,7-10H2,1-2H3,(H,22,25)/t14-/m0/s1. The Morgan fingerprint density at radius 1 is 1.33 bits per heavy atom. The van der Waals surface area contributed by atoms with Gasteiger partial charge in [0.2, 0.25) is 4.96 Å². The molecule has 1 amide bonds. The Hall–Kier alpha value is -2.45. The fourth-order valence-corrected chi connectivity index (χ4v) is 3.91. The fourth-order valence-electron chi connectivity index (χ4n) is 3.30. The summed E-state index contributed by atoms with van der Waals surface area (Å²) in [5.74, 6) is 0.624. The van der Waals surface area contributed by atoms with Gasteiger partial charge in [-0.1, -0.05) is 29.0 Å². The van der Waals surface area contributed by atoms with Gasteiger partial charge in [0.25, 0.3) is 5.91 Å². The molecule has 4 rings (SSSR count). The van der Waals surface area contributed by atoms with E-state index >= 15 is 0 Å². The summed E-state index contributed by atoms with van der Waals surface area (Å²) in [6.45, 7) is 5.46. The van der Waals surface area contributed by atoms with E-state index in [9.17, 15) is 4.79 Å². The molecular weight excluding hydrogens is 362 g/mol. The van der Waals surface area contributed by atoms with Crippen molar-refractivity contribution in [3.63, 3.8) is 0 Å². The predicted molar refractivity (Wildman–Crippen MR) is 104 cm³/mol. The van der Waals surface area contributed by atoms with Crippen LogP contribution in [-0.2, 0) is 4.79 Å². The summed E-state index contributed by atoms with van der Waals surface area (Å²) in [5.41, 5.74) is 2.83. The minimum absolute atomic E-state index is 0.0959. The molecule has 2 aromatic heterocycles. The van der Waals surface area contributed by atoms with Gasteiger partial charge in [-0.3, -0.25) is 4.79 Å². The summed E-state index contributed by atoms with van der Waals surface area (Å²) < 4.78 is 7.98. The Morgan fingerprint density at radius 2 is 2.07 bits per heavy atom. The number of imidazole rings is 1. The summed E-state index contributed by atoms with van der Waals surface area (Å²) >= 11 is 1.47. The minimum Gasteiger partial charge on any atom is -0.477 e. The van der Waals surface area contributed by atoms with Gasteiger partial charge in [-0.2, -0.15) is 5.10 Å². The minimum atomic E-state index is -0.871. The Kier molecular flexibility index (Phi) is 4.84. The van der Waals surface area contributed by atoms with E-state index in [1.54, 1.807) is 10.0 Å². The molecule has 27 heavy (non-hydrogen) atoms. The molecule has 7 nitrogen and oxygen atoms in total. The number of carbonyl (C=O) groups is 1. The number of aryl methyl sites for hydroxylation is 1. The largest absolute Gasteiger partial charge is 0.477 e. The highest BCUT2D eigenvalue weighted by Crippen LogP contribution is 2.28. The van der Waals surface area contributed by atoms with Gasteiger partial charge in [0.1, 0.15) is 11.3 Å². The molecule has 0 radical (unpaired) electrons. The molecule has 0 unspecified atom stereocenters. The highest BCUT2D eigenvalue weighted by Gasteiger charge is 2.42. The number of hydrogen-bond donors (Lipinski definition) is 2. The van der Waals surface area contributed by atoms with E-state index in [0.29, 0.717) is 12.8 Å². The lowest BCUT2D eigenvalue weighted by Crippen LogP contribution is -2.57. The summed E-state index contributed by atoms with van der Waals surface area (Å²) in [5, 5.41) is 10.6. The van der Waals surface area contributed by atoms with Crippen LogP contribution in [0.3, 0.4) is 0 Å². The zero-order valence-electron chi connectivity index (χ0n) is 15.4. The topological polar surface area (TPSA) is 80.5 Å². The second-order valence-electron chi connectivity index (χ2n) is 6.99. The number of hydrogen-bond acceptors (Lipinski definition) is 6. The van der Waals surface area contributed by atoms with Crippen LogP contribution in [0.25, 0.3) is 4.96 Å². The maximum absolute atomic E-state index is 13.2. The van der Waals surface area contributed by atoms with Crippen LogP contribution in [0.15, 0.2) is 36.0 Å². The molecule has 3 aromatic rings. The molecule has 1 aromatic carbocycles. The Bertz CT molecular complexity index is 899. The lowest BCUT2D eigenvalue weighted by atomic mass is 9.90. The first kappa shape index (κ1) is 17.9. The number of benzene rings is 1. The fraction of sp³-hybridized carbons (Fsp3) is 0.421. The van der Waals surface area contributed by atoms with Crippen molar-refractivity contribution in [1.29, 1.82) is 0 Å². The van der Waals surface area contributed by atoms with Gasteiger partial charge in [-0.25, -0.2) is 9.50 Å². The highest BCUT2D eigenvalue weighted by molar-refractivity contribution is 7.14. The first-order valence-electron chi connectivity index (χ1n) is 9.12. The van der Waals surface area contributed by atoms with Gasteiger partial charge in [0.05, 0.1) is 17.9 Å². The van der Waals surface area contributed by atoms with Gasteiger partial charge in [-0.05, 0) is 39.1 Å². The van der Waals surface area contributed by atoms with E-state index in [0.717, 1.165) is 35.1 Å². The molecule has 1 atom stereocenters. The molecule has 0 saturated carbocycles. The van der Waals surface area contributed by atoms with Crippen LogP contribution in [0.2, 0.25) is 0 Å². The van der Waals surface area contributed by atoms with E-state index in [2.05, 4.69) is 20.7 Å². The molecule has 1 fully saturated rings. The number of amides is 1. The van der Waals surface area contributed by atoms with Gasteiger partial charge in [-0.15, -0.1) is 0 Å². The van der Waals surface area contributed by atoms with Crippen molar-refractivity contribution >= 4 is 22.2 Å². The third-order valence-corrected chi connectivity index (χ3v) is 5.64. The van der Waals surface area contributed by atoms with E-state index in [1.165, 1.54) is 11.3 Å². The number of carbonyl (C=O) groups excluding carboxylic acids is 1. The zero-order chi connectivity index (χ0) is 18.9. The van der Waals surface area contributed by atoms with Crippen LogP contribution in [0, 0.1) is 6.92 Å². The third-order valence-electron chi connectivity index (χ3n) is 4.96. The highest BCUT2D eigenvalue weighted by atomic mass is 32.1. The van der Waals surface area contributed by atoms with Crippen molar-refractivity contribution in [1.82, 2.24) is 25.2 Å². The maximum atomic E-state index is 13.2.